The SMILES string of the molecule is O=C(NCC1COc2ccccc2O1)C(=O)Nc1ccc(C(F)(F)F)nc1. The standard InChI is InChI=1S/C17H14F3N3O4/c18-17(19,20)14-6-5-10(7-21-14)23-16(25)15(24)22-8-11-9-26-12-3-1-2-4-13(12)27-11/h1-7,11H,8-9H2,(H,22,24)(H,23,25). The monoisotopic (exact) mass is 381 g/mol. The van der Waals surface area contributed by atoms with Crippen LogP contribution in [0.25, 0.3) is 0 Å². The molecular formula is C17H14F3N3O4. The lowest BCUT2D eigenvalue weighted by Crippen LogP contribution is -2.44. The quantitative estimate of drug-likeness (QED) is 0.794. The van der Waals surface area contributed by atoms with Crippen molar-refractivity contribution in [3.8, 4) is 11.5 Å². The maximum Gasteiger partial charge on any atom is 0.433 e. The van der Waals surface area contributed by atoms with Crippen molar-refractivity contribution in [3.05, 3.63) is 48.3 Å². The fraction of sp³-hybridized carbons (Fsp3) is 0.235. The van der Waals surface area contributed by atoms with Gasteiger partial charge in [-0.15, -0.1) is 0 Å². The zero-order valence-corrected chi connectivity index (χ0v) is 13.7. The highest BCUT2D eigenvalue weighted by Crippen LogP contribution is 2.30. The zero-order valence-electron chi connectivity index (χ0n) is 13.7. The van der Waals surface area contributed by atoms with Gasteiger partial charge in [0.1, 0.15) is 18.4 Å². The summed E-state index contributed by atoms with van der Waals surface area (Å²) in [5.41, 5.74) is -1.13. The number of aromatic nitrogens is 1. The summed E-state index contributed by atoms with van der Waals surface area (Å²) < 4.78 is 48.5. The van der Waals surface area contributed by atoms with E-state index < -0.39 is 29.8 Å². The number of carbonyl (C=O) groups excluding carboxylic acids is 2. The highest BCUT2D eigenvalue weighted by Gasteiger charge is 2.32. The first-order chi connectivity index (χ1) is 12.8. The van der Waals surface area contributed by atoms with Crippen LogP contribution in [0.5, 0.6) is 11.5 Å². The average molecular weight is 381 g/mol. The van der Waals surface area contributed by atoms with E-state index in [1.165, 1.54) is 0 Å². The van der Waals surface area contributed by atoms with Gasteiger partial charge in [-0.3, -0.25) is 9.59 Å². The highest BCUT2D eigenvalue weighted by molar-refractivity contribution is 6.39. The first-order valence-corrected chi connectivity index (χ1v) is 7.84. The number of rotatable bonds is 3. The van der Waals surface area contributed by atoms with Crippen LogP contribution in [0.1, 0.15) is 5.69 Å². The van der Waals surface area contributed by atoms with Crippen molar-refractivity contribution in [2.45, 2.75) is 12.3 Å². The Morgan fingerprint density at radius 3 is 2.52 bits per heavy atom. The summed E-state index contributed by atoms with van der Waals surface area (Å²) in [5.74, 6) is -0.873. The Morgan fingerprint density at radius 2 is 1.85 bits per heavy atom. The fourth-order valence-electron chi connectivity index (χ4n) is 2.27. The van der Waals surface area contributed by atoms with E-state index in [1.54, 1.807) is 24.3 Å². The Kier molecular flexibility index (Phi) is 5.15. The van der Waals surface area contributed by atoms with Gasteiger partial charge in [0.25, 0.3) is 0 Å². The number of ether oxygens (including phenoxy) is 2. The number of anilines is 1. The molecule has 2 N–H and O–H groups in total. The predicted octanol–water partition coefficient (Wildman–Crippen LogP) is 2.00. The second-order valence-electron chi connectivity index (χ2n) is 5.59. The van der Waals surface area contributed by atoms with Gasteiger partial charge in [0, 0.05) is 0 Å². The van der Waals surface area contributed by atoms with E-state index >= 15 is 0 Å². The lowest BCUT2D eigenvalue weighted by Gasteiger charge is -2.26. The lowest BCUT2D eigenvalue weighted by atomic mass is 10.2. The molecule has 0 bridgehead atoms. The molecule has 0 saturated carbocycles. The van der Waals surface area contributed by atoms with Gasteiger partial charge >= 0.3 is 18.0 Å². The van der Waals surface area contributed by atoms with Crippen LogP contribution in [0.4, 0.5) is 18.9 Å². The molecule has 0 spiro atoms. The van der Waals surface area contributed by atoms with Crippen LogP contribution >= 0.6 is 0 Å². The molecule has 0 saturated heterocycles. The van der Waals surface area contributed by atoms with Crippen molar-refractivity contribution < 1.29 is 32.2 Å². The Hall–Kier alpha value is -3.30. The number of fused-ring (bicyclic) bond motifs is 1. The van der Waals surface area contributed by atoms with Gasteiger partial charge in [0.15, 0.2) is 11.5 Å². The van der Waals surface area contributed by atoms with Crippen molar-refractivity contribution in [1.82, 2.24) is 10.3 Å². The topological polar surface area (TPSA) is 89.5 Å². The molecule has 0 fully saturated rings. The lowest BCUT2D eigenvalue weighted by molar-refractivity contribution is -0.141. The molecule has 1 unspecified atom stereocenters. The van der Waals surface area contributed by atoms with Crippen molar-refractivity contribution >= 4 is 17.5 Å². The van der Waals surface area contributed by atoms with Crippen molar-refractivity contribution in [2.75, 3.05) is 18.5 Å². The number of pyridine rings is 1. The van der Waals surface area contributed by atoms with Crippen LogP contribution in [0.2, 0.25) is 0 Å². The molecule has 2 heterocycles. The number of hydrogen-bond donors (Lipinski definition) is 2. The molecule has 7 nitrogen and oxygen atoms in total. The molecule has 1 aliphatic rings. The summed E-state index contributed by atoms with van der Waals surface area (Å²) in [6, 6.07) is 8.75. The summed E-state index contributed by atoms with van der Waals surface area (Å²) in [7, 11) is 0. The van der Waals surface area contributed by atoms with E-state index in [0.29, 0.717) is 17.6 Å². The van der Waals surface area contributed by atoms with Crippen molar-refractivity contribution in [1.29, 1.82) is 0 Å². The smallest absolute Gasteiger partial charge is 0.433 e. The number of nitrogens with zero attached hydrogens (tertiary/aromatic N) is 1. The number of amides is 2. The van der Waals surface area contributed by atoms with Gasteiger partial charge in [-0.1, -0.05) is 12.1 Å². The second kappa shape index (κ2) is 7.52. The highest BCUT2D eigenvalue weighted by atomic mass is 19.4. The van der Waals surface area contributed by atoms with Gasteiger partial charge in [-0.25, -0.2) is 4.98 Å². The Labute approximate surface area is 151 Å². The molecule has 1 aromatic heterocycles. The molecule has 1 aliphatic heterocycles. The van der Waals surface area contributed by atoms with Crippen LogP contribution in [0.15, 0.2) is 42.6 Å². The van der Waals surface area contributed by atoms with E-state index in [1.807, 2.05) is 0 Å². The number of hydrogen-bond acceptors (Lipinski definition) is 5. The van der Waals surface area contributed by atoms with Crippen LogP contribution in [0.3, 0.4) is 0 Å². The largest absolute Gasteiger partial charge is 0.486 e. The van der Waals surface area contributed by atoms with Gasteiger partial charge in [0.2, 0.25) is 0 Å². The predicted molar refractivity (Wildman–Crippen MR) is 87.2 cm³/mol. The van der Waals surface area contributed by atoms with Crippen LogP contribution in [0, 0.1) is 0 Å². The maximum absolute atomic E-state index is 12.4. The van der Waals surface area contributed by atoms with Gasteiger partial charge in [-0.2, -0.15) is 13.2 Å². The van der Waals surface area contributed by atoms with Crippen LogP contribution < -0.4 is 20.1 Å². The number of halogens is 3. The Bertz CT molecular complexity index is 840. The Morgan fingerprint density at radius 1 is 1.11 bits per heavy atom. The molecule has 10 heteroatoms. The third-order valence-electron chi connectivity index (χ3n) is 3.58. The van der Waals surface area contributed by atoms with E-state index in [2.05, 4.69) is 15.6 Å². The van der Waals surface area contributed by atoms with Gasteiger partial charge in [-0.05, 0) is 24.3 Å². The van der Waals surface area contributed by atoms with E-state index in [4.69, 9.17) is 9.47 Å². The summed E-state index contributed by atoms with van der Waals surface area (Å²) in [5, 5.41) is 4.55. The number of carbonyl (C=O) groups is 2. The minimum absolute atomic E-state index is 0.0197. The van der Waals surface area contributed by atoms with E-state index in [0.717, 1.165) is 12.3 Å². The average Bonchev–Trinajstić information content (AvgIpc) is 2.65. The third-order valence-corrected chi connectivity index (χ3v) is 3.58. The van der Waals surface area contributed by atoms with Crippen LogP contribution in [-0.4, -0.2) is 36.1 Å². The minimum atomic E-state index is -4.58. The molecule has 0 radical (unpaired) electrons. The van der Waals surface area contributed by atoms with Gasteiger partial charge in [0.05, 0.1) is 18.4 Å². The van der Waals surface area contributed by atoms with E-state index in [-0.39, 0.29) is 18.8 Å². The molecule has 2 aromatic rings. The molecule has 1 atom stereocenters. The first kappa shape index (κ1) is 18.5. The number of alkyl halides is 3. The van der Waals surface area contributed by atoms with E-state index in [9.17, 15) is 22.8 Å². The molecule has 0 aliphatic carbocycles. The molecule has 27 heavy (non-hydrogen) atoms. The molecule has 1 aromatic carbocycles. The maximum atomic E-state index is 12.4. The fourth-order valence-corrected chi connectivity index (χ4v) is 2.27. The summed E-state index contributed by atoms with van der Waals surface area (Å²) >= 11 is 0. The van der Waals surface area contributed by atoms with Crippen LogP contribution in [-0.2, 0) is 15.8 Å². The molecule has 142 valence electrons. The van der Waals surface area contributed by atoms with Crippen molar-refractivity contribution in [3.63, 3.8) is 0 Å². The summed E-state index contributed by atoms with van der Waals surface area (Å²) in [6.45, 7) is 0.216. The third kappa shape index (κ3) is 4.66. The van der Waals surface area contributed by atoms with Crippen molar-refractivity contribution in [2.24, 2.45) is 0 Å². The van der Waals surface area contributed by atoms with Gasteiger partial charge < -0.3 is 20.1 Å². The molecule has 3 rings (SSSR count). The normalized spacial score (nSPS) is 15.7. The zero-order chi connectivity index (χ0) is 19.4. The second-order valence-corrected chi connectivity index (χ2v) is 5.59. The molecule has 2 amide bonds. The number of para-hydroxylation sites is 2. The summed E-state index contributed by atoms with van der Waals surface area (Å²) in [6.07, 6.45) is -4.24. The number of benzene rings is 1. The summed E-state index contributed by atoms with van der Waals surface area (Å²) in [4.78, 5) is 26.9. The number of nitrogens with one attached hydrogen (secondary N) is 2. The first-order valence-electron chi connectivity index (χ1n) is 7.84. The molecular weight excluding hydrogens is 367 g/mol. The Balaban J connectivity index is 1.49. The minimum Gasteiger partial charge on any atom is -0.486 e.